The Bertz CT molecular complexity index is 413. The van der Waals surface area contributed by atoms with Crippen LogP contribution in [0, 0.1) is 18.5 Å². The number of benzene rings is 1. The van der Waals surface area contributed by atoms with Crippen LogP contribution in [0.3, 0.4) is 0 Å². The molecule has 1 rings (SSSR count). The number of halogens is 2. The van der Waals surface area contributed by atoms with Crippen molar-refractivity contribution >= 4 is 45.2 Å². The van der Waals surface area contributed by atoms with Crippen molar-refractivity contribution in [2.75, 3.05) is 6.61 Å². The molecule has 0 bridgehead atoms. The molecule has 5 heteroatoms. The summed E-state index contributed by atoms with van der Waals surface area (Å²) in [6.07, 6.45) is 1.22. The summed E-state index contributed by atoms with van der Waals surface area (Å²) in [6, 6.07) is 3.78. The number of rotatable bonds is 3. The van der Waals surface area contributed by atoms with Gasteiger partial charge in [0.1, 0.15) is 5.75 Å². The number of phenolic OH excluding ortho intramolecular Hbond substituents is 1. The van der Waals surface area contributed by atoms with E-state index in [9.17, 15) is 5.11 Å². The molecule has 1 aromatic carbocycles. The summed E-state index contributed by atoms with van der Waals surface area (Å²) in [4.78, 5) is 0. The van der Waals surface area contributed by atoms with E-state index in [1.165, 1.54) is 0 Å². The topological polar surface area (TPSA) is 64.2 Å². The molecule has 0 aromatic heterocycles. The van der Waals surface area contributed by atoms with E-state index in [-0.39, 0.29) is 12.4 Å². The van der Waals surface area contributed by atoms with Gasteiger partial charge in [0.25, 0.3) is 0 Å². The maximum absolute atomic E-state index is 9.72. The van der Waals surface area contributed by atoms with E-state index in [2.05, 4.69) is 6.07 Å². The molecule has 0 aliphatic rings. The number of aliphatic hydroxyl groups excluding tert-OH is 1. The second-order valence-electron chi connectivity index (χ2n) is 2.99. The lowest BCUT2D eigenvalue weighted by molar-refractivity contribution is 0.288. The van der Waals surface area contributed by atoms with Crippen LogP contribution >= 0.6 is 45.2 Å². The fourth-order valence-corrected chi connectivity index (χ4v) is 3.20. The summed E-state index contributed by atoms with van der Waals surface area (Å²) in [5.41, 5.74) is 1.40. The first-order chi connectivity index (χ1) is 7.11. The van der Waals surface area contributed by atoms with Gasteiger partial charge in [-0.1, -0.05) is 0 Å². The molecule has 0 amide bonds. The van der Waals surface area contributed by atoms with Crippen LogP contribution in [0.5, 0.6) is 5.75 Å². The highest BCUT2D eigenvalue weighted by atomic mass is 127. The van der Waals surface area contributed by atoms with Crippen LogP contribution in [-0.2, 0) is 6.42 Å². The third-order valence-corrected chi connectivity index (χ3v) is 3.98. The van der Waals surface area contributed by atoms with Gasteiger partial charge in [-0.15, -0.1) is 0 Å². The van der Waals surface area contributed by atoms with Crippen LogP contribution < -0.4 is 0 Å². The van der Waals surface area contributed by atoms with Gasteiger partial charge in [0.15, 0.2) is 0 Å². The van der Waals surface area contributed by atoms with Gasteiger partial charge in [-0.3, -0.25) is 0 Å². The second-order valence-corrected chi connectivity index (χ2v) is 5.23. The zero-order valence-corrected chi connectivity index (χ0v) is 12.1. The Morgan fingerprint density at radius 3 is 2.60 bits per heavy atom. The highest BCUT2D eigenvalue weighted by Gasteiger charge is 2.13. The molecule has 0 spiro atoms. The summed E-state index contributed by atoms with van der Waals surface area (Å²) in [5.74, 6) is 0.225. The quantitative estimate of drug-likeness (QED) is 0.726. The molecular weight excluding hydrogens is 420 g/mol. The van der Waals surface area contributed by atoms with Crippen LogP contribution in [0.25, 0.3) is 0 Å². The van der Waals surface area contributed by atoms with Crippen molar-refractivity contribution in [1.82, 2.24) is 0 Å². The van der Waals surface area contributed by atoms with Crippen LogP contribution in [0.4, 0.5) is 0 Å². The van der Waals surface area contributed by atoms with E-state index < -0.39 is 0 Å². The van der Waals surface area contributed by atoms with Gasteiger partial charge in [-0.05, 0) is 69.7 Å². The van der Waals surface area contributed by atoms with Crippen molar-refractivity contribution in [3.8, 4) is 11.8 Å². The molecule has 1 aromatic rings. The fourth-order valence-electron chi connectivity index (χ4n) is 1.25. The fraction of sp³-hybridized carbons (Fsp3) is 0.300. The van der Waals surface area contributed by atoms with E-state index in [4.69, 9.17) is 10.4 Å². The van der Waals surface area contributed by atoms with Crippen LogP contribution in [-0.4, -0.2) is 16.8 Å². The Labute approximate surface area is 115 Å². The van der Waals surface area contributed by atoms with Crippen molar-refractivity contribution in [1.29, 1.82) is 5.26 Å². The van der Waals surface area contributed by atoms with E-state index in [1.807, 2.05) is 45.2 Å². The van der Waals surface area contributed by atoms with Gasteiger partial charge in [-0.25, -0.2) is 0 Å². The number of aromatic hydroxyl groups is 1. The molecule has 0 aliphatic heterocycles. The molecule has 0 heterocycles. The summed E-state index contributed by atoms with van der Waals surface area (Å²) < 4.78 is 1.39. The zero-order valence-electron chi connectivity index (χ0n) is 7.80. The van der Waals surface area contributed by atoms with Crippen molar-refractivity contribution in [3.63, 3.8) is 0 Å². The maximum Gasteiger partial charge on any atom is 0.142 e. The maximum atomic E-state index is 9.72. The van der Waals surface area contributed by atoms with Crippen molar-refractivity contribution < 1.29 is 10.2 Å². The number of nitrogens with zero attached hydrogens (tertiary/aromatic N) is 1. The first-order valence-corrected chi connectivity index (χ1v) is 6.48. The largest absolute Gasteiger partial charge is 0.506 e. The second kappa shape index (κ2) is 5.86. The number of phenols is 1. The minimum absolute atomic E-state index is 0.0910. The summed E-state index contributed by atoms with van der Waals surface area (Å²) in [7, 11) is 0. The molecule has 0 saturated carbocycles. The average Bonchev–Trinajstić information content (AvgIpc) is 2.24. The molecule has 0 fully saturated rings. The van der Waals surface area contributed by atoms with E-state index in [1.54, 1.807) is 6.07 Å². The van der Waals surface area contributed by atoms with Crippen molar-refractivity contribution in [2.24, 2.45) is 0 Å². The molecule has 80 valence electrons. The summed E-state index contributed by atoms with van der Waals surface area (Å²) in [6.45, 7) is 0.0910. The Morgan fingerprint density at radius 1 is 1.40 bits per heavy atom. The third-order valence-electron chi connectivity index (χ3n) is 2.00. The third kappa shape index (κ3) is 2.95. The SMILES string of the molecule is N#Cc1cc(I)c(O)c(I)c1CCCO. The van der Waals surface area contributed by atoms with Crippen molar-refractivity contribution in [2.45, 2.75) is 12.8 Å². The molecule has 0 radical (unpaired) electrons. The Kier molecular flexibility index (Phi) is 5.08. The standard InChI is InChI=1S/C10H9I2NO2/c11-8-4-6(5-13)7(2-1-3-14)9(12)10(8)15/h4,14-15H,1-3H2. The lowest BCUT2D eigenvalue weighted by atomic mass is 10.0. The highest BCUT2D eigenvalue weighted by Crippen LogP contribution is 2.32. The van der Waals surface area contributed by atoms with Crippen LogP contribution in [0.2, 0.25) is 0 Å². The van der Waals surface area contributed by atoms with E-state index >= 15 is 0 Å². The van der Waals surface area contributed by atoms with Crippen molar-refractivity contribution in [3.05, 3.63) is 24.3 Å². The number of hydrogen-bond donors (Lipinski definition) is 2. The zero-order chi connectivity index (χ0) is 11.4. The van der Waals surface area contributed by atoms with Gasteiger partial charge in [0.2, 0.25) is 0 Å². The molecular formula is C10H9I2NO2. The van der Waals surface area contributed by atoms with Gasteiger partial charge in [-0.2, -0.15) is 5.26 Å². The number of hydrogen-bond acceptors (Lipinski definition) is 3. The lowest BCUT2D eigenvalue weighted by Crippen LogP contribution is -1.98. The molecule has 3 nitrogen and oxygen atoms in total. The summed E-state index contributed by atoms with van der Waals surface area (Å²) in [5, 5.41) is 27.4. The Balaban J connectivity index is 3.23. The first-order valence-electron chi connectivity index (χ1n) is 4.32. The highest BCUT2D eigenvalue weighted by molar-refractivity contribution is 14.1. The van der Waals surface area contributed by atoms with Gasteiger partial charge < -0.3 is 10.2 Å². The molecule has 2 N–H and O–H groups in total. The number of aliphatic hydroxyl groups is 1. The number of nitriles is 1. The van der Waals surface area contributed by atoms with Crippen LogP contribution in [0.15, 0.2) is 6.07 Å². The summed E-state index contributed by atoms with van der Waals surface area (Å²) >= 11 is 4.03. The lowest BCUT2D eigenvalue weighted by Gasteiger charge is -2.09. The first kappa shape index (κ1) is 13.0. The predicted molar refractivity (Wildman–Crippen MR) is 73.7 cm³/mol. The smallest absolute Gasteiger partial charge is 0.142 e. The molecule has 0 unspecified atom stereocenters. The van der Waals surface area contributed by atoms with Gasteiger partial charge >= 0.3 is 0 Å². The van der Waals surface area contributed by atoms with E-state index in [0.717, 1.165) is 5.56 Å². The Hall–Kier alpha value is -0.0700. The molecule has 0 saturated heterocycles. The minimum Gasteiger partial charge on any atom is -0.506 e. The molecule has 0 atom stereocenters. The normalized spacial score (nSPS) is 10.0. The van der Waals surface area contributed by atoms with E-state index in [0.29, 0.717) is 25.5 Å². The predicted octanol–water partition coefficient (Wildman–Crippen LogP) is 2.40. The van der Waals surface area contributed by atoms with Gasteiger partial charge in [0.05, 0.1) is 18.8 Å². The molecule has 0 aliphatic carbocycles. The molecule has 15 heavy (non-hydrogen) atoms. The minimum atomic E-state index is 0.0910. The average molecular weight is 429 g/mol. The monoisotopic (exact) mass is 429 g/mol. The van der Waals surface area contributed by atoms with Gasteiger partial charge in [0, 0.05) is 6.61 Å². The van der Waals surface area contributed by atoms with Crippen LogP contribution in [0.1, 0.15) is 17.5 Å². The Morgan fingerprint density at radius 2 is 2.07 bits per heavy atom.